The molecule has 7 heteroatoms. The molecular formula is C26H31N3O4. The van der Waals surface area contributed by atoms with Crippen LogP contribution in [0.15, 0.2) is 53.7 Å². The van der Waals surface area contributed by atoms with Crippen molar-refractivity contribution < 1.29 is 19.0 Å². The molecule has 7 nitrogen and oxygen atoms in total. The molecule has 4 rings (SSSR count). The van der Waals surface area contributed by atoms with Crippen molar-refractivity contribution in [2.75, 3.05) is 18.5 Å². The molecule has 0 bridgehead atoms. The number of benzene rings is 2. The van der Waals surface area contributed by atoms with Crippen molar-refractivity contribution in [3.05, 3.63) is 59.3 Å². The van der Waals surface area contributed by atoms with E-state index >= 15 is 0 Å². The molecule has 174 valence electrons. The van der Waals surface area contributed by atoms with E-state index in [0.29, 0.717) is 36.2 Å². The average molecular weight is 450 g/mol. The highest BCUT2D eigenvalue weighted by molar-refractivity contribution is 5.94. The molecule has 1 aromatic heterocycles. The highest BCUT2D eigenvalue weighted by atomic mass is 16.5. The molecule has 0 radical (unpaired) electrons. The van der Waals surface area contributed by atoms with Crippen LogP contribution in [0.2, 0.25) is 0 Å². The van der Waals surface area contributed by atoms with Gasteiger partial charge in [-0.1, -0.05) is 25.1 Å². The first-order valence-electron chi connectivity index (χ1n) is 11.5. The summed E-state index contributed by atoms with van der Waals surface area (Å²) in [5.74, 6) is 1.68. The lowest BCUT2D eigenvalue weighted by molar-refractivity contribution is -0.143. The second kappa shape index (κ2) is 9.57. The number of aromatic nitrogens is 2. The van der Waals surface area contributed by atoms with Crippen molar-refractivity contribution >= 4 is 23.0 Å². The number of carbonyl (C=O) groups is 1. The predicted molar refractivity (Wildman–Crippen MR) is 129 cm³/mol. The Morgan fingerprint density at radius 3 is 2.64 bits per heavy atom. The van der Waals surface area contributed by atoms with Gasteiger partial charge in [0.05, 0.1) is 42.0 Å². The number of anilines is 1. The van der Waals surface area contributed by atoms with Gasteiger partial charge >= 0.3 is 5.97 Å². The molecule has 2 heterocycles. The van der Waals surface area contributed by atoms with Crippen LogP contribution in [0.4, 0.5) is 5.95 Å². The molecule has 1 aliphatic heterocycles. The maximum absolute atomic E-state index is 13.3. The Hall–Kier alpha value is -3.48. The van der Waals surface area contributed by atoms with Gasteiger partial charge in [-0.05, 0) is 63.9 Å². The number of carbonyl (C=O) groups excluding carboxylic acids is 1. The topological polar surface area (TPSA) is 74.6 Å². The molecule has 1 atom stereocenters. The Bertz CT molecular complexity index is 1200. The molecule has 1 aliphatic rings. The summed E-state index contributed by atoms with van der Waals surface area (Å²) in [4.78, 5) is 18.0. The third-order valence-corrected chi connectivity index (χ3v) is 5.44. The first-order valence-corrected chi connectivity index (χ1v) is 11.5. The van der Waals surface area contributed by atoms with Gasteiger partial charge in [-0.25, -0.2) is 9.78 Å². The van der Waals surface area contributed by atoms with Crippen molar-refractivity contribution in [3.63, 3.8) is 0 Å². The van der Waals surface area contributed by atoms with Gasteiger partial charge in [0.15, 0.2) is 11.5 Å². The first kappa shape index (κ1) is 22.7. The van der Waals surface area contributed by atoms with E-state index in [1.54, 1.807) is 0 Å². The van der Waals surface area contributed by atoms with Crippen LogP contribution in [0, 0.1) is 0 Å². The van der Waals surface area contributed by atoms with Gasteiger partial charge in [0, 0.05) is 5.70 Å². The van der Waals surface area contributed by atoms with E-state index in [-0.39, 0.29) is 12.1 Å². The summed E-state index contributed by atoms with van der Waals surface area (Å²) in [6.07, 6.45) is 0.669. The molecule has 0 saturated carbocycles. The Morgan fingerprint density at radius 2 is 1.91 bits per heavy atom. The number of esters is 1. The fourth-order valence-electron chi connectivity index (χ4n) is 4.12. The van der Waals surface area contributed by atoms with Gasteiger partial charge in [0.2, 0.25) is 5.95 Å². The number of ether oxygens (including phenoxy) is 3. The van der Waals surface area contributed by atoms with Gasteiger partial charge in [-0.15, -0.1) is 0 Å². The molecule has 0 unspecified atom stereocenters. The molecule has 0 amide bonds. The standard InChI is InChI=1S/C26H31N3O4/c1-6-14-32-21-13-12-18(15-22(21)31-7-2)24-23(25(30)33-16(3)4)17(5)27-26-28-19-10-8-9-11-20(19)29(24)26/h8-13,15-16,24H,6-7,14H2,1-5H3,(H,27,28)/t24-/m1/s1. The largest absolute Gasteiger partial charge is 0.490 e. The minimum absolute atomic E-state index is 0.233. The molecule has 0 spiro atoms. The minimum atomic E-state index is -0.431. The molecule has 2 aromatic carbocycles. The lowest BCUT2D eigenvalue weighted by Gasteiger charge is -2.31. The van der Waals surface area contributed by atoms with Gasteiger partial charge < -0.3 is 19.5 Å². The van der Waals surface area contributed by atoms with E-state index in [9.17, 15) is 4.79 Å². The molecule has 1 N–H and O–H groups in total. The molecule has 0 saturated heterocycles. The number of hydrogen-bond donors (Lipinski definition) is 1. The Morgan fingerprint density at radius 1 is 1.12 bits per heavy atom. The van der Waals surface area contributed by atoms with Gasteiger partial charge in [-0.3, -0.25) is 4.57 Å². The number of allylic oxidation sites excluding steroid dienone is 1. The number of fused-ring (bicyclic) bond motifs is 3. The summed E-state index contributed by atoms with van der Waals surface area (Å²) in [6, 6.07) is 13.3. The molecule has 33 heavy (non-hydrogen) atoms. The maximum Gasteiger partial charge on any atom is 0.338 e. The van der Waals surface area contributed by atoms with Crippen molar-refractivity contribution in [1.82, 2.24) is 9.55 Å². The van der Waals surface area contributed by atoms with Crippen LogP contribution >= 0.6 is 0 Å². The lowest BCUT2D eigenvalue weighted by Crippen LogP contribution is -2.30. The number of nitrogens with one attached hydrogen (secondary N) is 1. The van der Waals surface area contributed by atoms with Gasteiger partial charge in [-0.2, -0.15) is 0 Å². The van der Waals surface area contributed by atoms with Crippen molar-refractivity contribution in [2.45, 2.75) is 53.2 Å². The van der Waals surface area contributed by atoms with Crippen molar-refractivity contribution in [1.29, 1.82) is 0 Å². The van der Waals surface area contributed by atoms with E-state index in [1.807, 2.05) is 70.2 Å². The van der Waals surface area contributed by atoms with Crippen LogP contribution < -0.4 is 14.8 Å². The number of para-hydroxylation sites is 2. The van der Waals surface area contributed by atoms with Crippen molar-refractivity contribution in [3.8, 4) is 11.5 Å². The number of hydrogen-bond acceptors (Lipinski definition) is 6. The number of rotatable bonds is 8. The quantitative estimate of drug-likeness (QED) is 0.460. The van der Waals surface area contributed by atoms with E-state index in [4.69, 9.17) is 19.2 Å². The second-order valence-electron chi connectivity index (χ2n) is 8.30. The Labute approximate surface area is 194 Å². The fraction of sp³-hybridized carbons (Fsp3) is 0.385. The summed E-state index contributed by atoms with van der Waals surface area (Å²) < 4.78 is 19.5. The van der Waals surface area contributed by atoms with E-state index < -0.39 is 6.04 Å². The van der Waals surface area contributed by atoms with Crippen LogP contribution in [0.1, 0.15) is 52.6 Å². The third kappa shape index (κ3) is 4.40. The molecular weight excluding hydrogens is 418 g/mol. The Kier molecular flexibility index (Phi) is 6.58. The zero-order chi connectivity index (χ0) is 23.5. The highest BCUT2D eigenvalue weighted by Crippen LogP contribution is 2.42. The summed E-state index contributed by atoms with van der Waals surface area (Å²) >= 11 is 0. The SMILES string of the molecule is CCCOc1ccc([C@@H]2C(C(=O)OC(C)C)=C(C)Nc3nc4ccccc4n32)cc1OCC. The smallest absolute Gasteiger partial charge is 0.338 e. The average Bonchev–Trinajstić information content (AvgIpc) is 3.14. The maximum atomic E-state index is 13.3. The van der Waals surface area contributed by atoms with Gasteiger partial charge in [0.1, 0.15) is 0 Å². The van der Waals surface area contributed by atoms with Crippen LogP contribution in [-0.2, 0) is 9.53 Å². The zero-order valence-corrected chi connectivity index (χ0v) is 19.8. The molecule has 3 aromatic rings. The minimum Gasteiger partial charge on any atom is -0.490 e. The van der Waals surface area contributed by atoms with Crippen molar-refractivity contribution in [2.24, 2.45) is 0 Å². The summed E-state index contributed by atoms with van der Waals surface area (Å²) in [6.45, 7) is 10.7. The number of imidazole rings is 1. The van der Waals surface area contributed by atoms with Crippen LogP contribution in [0.3, 0.4) is 0 Å². The van der Waals surface area contributed by atoms with Crippen LogP contribution in [-0.4, -0.2) is 34.8 Å². The molecule has 0 aliphatic carbocycles. The highest BCUT2D eigenvalue weighted by Gasteiger charge is 2.35. The molecule has 0 fully saturated rings. The zero-order valence-electron chi connectivity index (χ0n) is 19.8. The van der Waals surface area contributed by atoms with Crippen LogP contribution in [0.25, 0.3) is 11.0 Å². The lowest BCUT2D eigenvalue weighted by atomic mass is 9.94. The first-order chi connectivity index (χ1) is 15.9. The summed E-state index contributed by atoms with van der Waals surface area (Å²) in [5, 5.41) is 3.31. The fourth-order valence-corrected chi connectivity index (χ4v) is 4.12. The normalized spacial score (nSPS) is 15.4. The Balaban J connectivity index is 1.90. The van der Waals surface area contributed by atoms with E-state index in [1.165, 1.54) is 0 Å². The third-order valence-electron chi connectivity index (χ3n) is 5.44. The summed E-state index contributed by atoms with van der Waals surface area (Å²) in [5.41, 5.74) is 3.94. The van der Waals surface area contributed by atoms with E-state index in [0.717, 1.165) is 28.7 Å². The van der Waals surface area contributed by atoms with Gasteiger partial charge in [0.25, 0.3) is 0 Å². The monoisotopic (exact) mass is 449 g/mol. The predicted octanol–water partition coefficient (Wildman–Crippen LogP) is 5.46. The summed E-state index contributed by atoms with van der Waals surface area (Å²) in [7, 11) is 0. The van der Waals surface area contributed by atoms with E-state index in [2.05, 4.69) is 16.8 Å². The van der Waals surface area contributed by atoms with Crippen LogP contribution in [0.5, 0.6) is 11.5 Å². The second-order valence-corrected chi connectivity index (χ2v) is 8.30. The number of nitrogens with zero attached hydrogens (tertiary/aromatic N) is 2.